The van der Waals surface area contributed by atoms with Gasteiger partial charge in [0.25, 0.3) is 0 Å². The maximum Gasteiger partial charge on any atom is 0.175 e. The second-order valence-corrected chi connectivity index (χ2v) is 6.81. The van der Waals surface area contributed by atoms with E-state index in [0.29, 0.717) is 4.90 Å². The van der Waals surface area contributed by atoms with Crippen molar-refractivity contribution in [1.29, 1.82) is 0 Å². The van der Waals surface area contributed by atoms with Crippen LogP contribution in [0, 0.1) is 6.92 Å². The summed E-state index contributed by atoms with van der Waals surface area (Å²) in [5, 5.41) is 3.24. The van der Waals surface area contributed by atoms with Gasteiger partial charge in [0.2, 0.25) is 0 Å². The van der Waals surface area contributed by atoms with Crippen molar-refractivity contribution in [3.05, 3.63) is 59.4 Å². The van der Waals surface area contributed by atoms with Crippen LogP contribution in [-0.2, 0) is 9.84 Å². The first-order valence-corrected chi connectivity index (χ1v) is 8.20. The number of rotatable bonds is 4. The molecule has 106 valence electrons. The fraction of sp³-hybridized carbons (Fsp3) is 0.267. The zero-order chi connectivity index (χ0) is 14.8. The molecule has 20 heavy (non-hydrogen) atoms. The van der Waals surface area contributed by atoms with Crippen molar-refractivity contribution in [2.24, 2.45) is 0 Å². The molecule has 1 N–H and O–H groups in total. The van der Waals surface area contributed by atoms with E-state index in [0.717, 1.165) is 16.7 Å². The van der Waals surface area contributed by atoms with Crippen molar-refractivity contribution in [2.45, 2.75) is 17.9 Å². The molecule has 1 heterocycles. The molecule has 1 aromatic carbocycles. The second-order valence-electron chi connectivity index (χ2n) is 4.80. The molecular formula is C15H18N2O2S. The summed E-state index contributed by atoms with van der Waals surface area (Å²) in [5.74, 6) is 0. The fourth-order valence-electron chi connectivity index (χ4n) is 2.19. The van der Waals surface area contributed by atoms with Crippen LogP contribution in [0.1, 0.15) is 22.7 Å². The summed E-state index contributed by atoms with van der Waals surface area (Å²) in [4.78, 5) is 4.49. The first-order chi connectivity index (χ1) is 9.43. The number of hydrogen-bond acceptors (Lipinski definition) is 4. The van der Waals surface area contributed by atoms with Gasteiger partial charge in [0, 0.05) is 18.6 Å². The van der Waals surface area contributed by atoms with Crippen molar-refractivity contribution in [2.75, 3.05) is 13.3 Å². The number of aryl methyl sites for hydroxylation is 1. The molecule has 1 aromatic heterocycles. The van der Waals surface area contributed by atoms with E-state index in [4.69, 9.17) is 0 Å². The van der Waals surface area contributed by atoms with Crippen LogP contribution < -0.4 is 5.32 Å². The van der Waals surface area contributed by atoms with Gasteiger partial charge in [-0.2, -0.15) is 0 Å². The molecule has 0 bridgehead atoms. The summed E-state index contributed by atoms with van der Waals surface area (Å²) < 4.78 is 23.0. The standard InChI is InChI=1S/C15H18N2O2S/c1-11-8-9-17-10-14(11)15(16-2)12-4-6-13(7-5-12)20(3,18)19/h4-10,15-16H,1-3H3. The van der Waals surface area contributed by atoms with Crippen LogP contribution in [-0.4, -0.2) is 26.7 Å². The first-order valence-electron chi connectivity index (χ1n) is 6.31. The van der Waals surface area contributed by atoms with E-state index >= 15 is 0 Å². The summed E-state index contributed by atoms with van der Waals surface area (Å²) in [6, 6.07) is 8.91. The minimum Gasteiger partial charge on any atom is -0.309 e. The van der Waals surface area contributed by atoms with E-state index in [2.05, 4.69) is 10.3 Å². The predicted molar refractivity (Wildman–Crippen MR) is 79.4 cm³/mol. The van der Waals surface area contributed by atoms with Crippen molar-refractivity contribution >= 4 is 9.84 Å². The molecule has 0 saturated heterocycles. The van der Waals surface area contributed by atoms with Crippen molar-refractivity contribution in [1.82, 2.24) is 10.3 Å². The Hall–Kier alpha value is -1.72. The molecule has 2 aromatic rings. The highest BCUT2D eigenvalue weighted by molar-refractivity contribution is 7.90. The SMILES string of the molecule is CNC(c1ccc(S(C)(=O)=O)cc1)c1cnccc1C. The smallest absolute Gasteiger partial charge is 0.175 e. The largest absolute Gasteiger partial charge is 0.309 e. The number of aromatic nitrogens is 1. The van der Waals surface area contributed by atoms with Crippen LogP contribution >= 0.6 is 0 Å². The van der Waals surface area contributed by atoms with Gasteiger partial charge in [-0.3, -0.25) is 4.98 Å². The third-order valence-corrected chi connectivity index (χ3v) is 4.45. The Kier molecular flexibility index (Phi) is 4.20. The summed E-state index contributed by atoms with van der Waals surface area (Å²) >= 11 is 0. The fourth-order valence-corrected chi connectivity index (χ4v) is 2.82. The Bertz CT molecular complexity index is 694. The average molecular weight is 290 g/mol. The predicted octanol–water partition coefficient (Wildman–Crippen LogP) is 2.10. The van der Waals surface area contributed by atoms with Crippen LogP contribution in [0.5, 0.6) is 0 Å². The van der Waals surface area contributed by atoms with Crippen molar-refractivity contribution in [3.8, 4) is 0 Å². The third-order valence-electron chi connectivity index (χ3n) is 3.32. The first kappa shape index (κ1) is 14.7. The van der Waals surface area contributed by atoms with E-state index in [9.17, 15) is 8.42 Å². The highest BCUT2D eigenvalue weighted by Crippen LogP contribution is 2.24. The Labute approximate surface area is 119 Å². The van der Waals surface area contributed by atoms with Crippen LogP contribution in [0.15, 0.2) is 47.6 Å². The van der Waals surface area contributed by atoms with Gasteiger partial charge in [-0.05, 0) is 48.9 Å². The summed E-state index contributed by atoms with van der Waals surface area (Å²) in [7, 11) is -1.28. The normalized spacial score (nSPS) is 13.2. The number of sulfone groups is 1. The van der Waals surface area contributed by atoms with E-state index in [-0.39, 0.29) is 6.04 Å². The van der Waals surface area contributed by atoms with Crippen LogP contribution in [0.3, 0.4) is 0 Å². The lowest BCUT2D eigenvalue weighted by Gasteiger charge is -2.19. The Morgan fingerprint density at radius 2 is 1.80 bits per heavy atom. The zero-order valence-corrected chi connectivity index (χ0v) is 12.6. The van der Waals surface area contributed by atoms with E-state index in [1.807, 2.05) is 38.4 Å². The maximum atomic E-state index is 11.5. The van der Waals surface area contributed by atoms with Crippen molar-refractivity contribution in [3.63, 3.8) is 0 Å². The van der Waals surface area contributed by atoms with Gasteiger partial charge in [-0.1, -0.05) is 12.1 Å². The van der Waals surface area contributed by atoms with Crippen LogP contribution in [0.25, 0.3) is 0 Å². The summed E-state index contributed by atoms with van der Waals surface area (Å²) in [6.45, 7) is 2.03. The molecule has 0 radical (unpaired) electrons. The highest BCUT2D eigenvalue weighted by Gasteiger charge is 2.15. The molecule has 0 aliphatic heterocycles. The van der Waals surface area contributed by atoms with Crippen LogP contribution in [0.2, 0.25) is 0 Å². The molecule has 0 aliphatic carbocycles. The number of benzene rings is 1. The van der Waals surface area contributed by atoms with Gasteiger partial charge >= 0.3 is 0 Å². The molecule has 2 rings (SSSR count). The molecular weight excluding hydrogens is 272 g/mol. The number of nitrogens with zero attached hydrogens (tertiary/aromatic N) is 1. The number of hydrogen-bond donors (Lipinski definition) is 1. The lowest BCUT2D eigenvalue weighted by atomic mass is 9.97. The highest BCUT2D eigenvalue weighted by atomic mass is 32.2. The van der Waals surface area contributed by atoms with Gasteiger partial charge in [0.05, 0.1) is 10.9 Å². The third kappa shape index (κ3) is 3.05. The quantitative estimate of drug-likeness (QED) is 0.937. The molecule has 1 unspecified atom stereocenters. The van der Waals surface area contributed by atoms with Gasteiger partial charge in [0.15, 0.2) is 9.84 Å². The molecule has 1 atom stereocenters. The number of nitrogens with one attached hydrogen (secondary N) is 1. The molecule has 5 heteroatoms. The molecule has 0 amide bonds. The van der Waals surface area contributed by atoms with E-state index in [1.54, 1.807) is 18.3 Å². The molecule has 0 saturated carbocycles. The average Bonchev–Trinajstić information content (AvgIpc) is 2.41. The van der Waals surface area contributed by atoms with Gasteiger partial charge in [-0.25, -0.2) is 8.42 Å². The van der Waals surface area contributed by atoms with Crippen molar-refractivity contribution < 1.29 is 8.42 Å². The lowest BCUT2D eigenvalue weighted by molar-refractivity contribution is 0.601. The lowest BCUT2D eigenvalue weighted by Crippen LogP contribution is -2.19. The minimum atomic E-state index is -3.16. The minimum absolute atomic E-state index is 0.00249. The monoisotopic (exact) mass is 290 g/mol. The summed E-state index contributed by atoms with van der Waals surface area (Å²) in [5.41, 5.74) is 3.24. The Balaban J connectivity index is 2.41. The second kappa shape index (κ2) is 5.73. The van der Waals surface area contributed by atoms with E-state index in [1.165, 1.54) is 6.26 Å². The Morgan fingerprint density at radius 3 is 2.30 bits per heavy atom. The summed E-state index contributed by atoms with van der Waals surface area (Å²) in [6.07, 6.45) is 4.81. The topological polar surface area (TPSA) is 59.1 Å². The van der Waals surface area contributed by atoms with Gasteiger partial charge in [-0.15, -0.1) is 0 Å². The van der Waals surface area contributed by atoms with Gasteiger partial charge in [0.1, 0.15) is 0 Å². The Morgan fingerprint density at radius 1 is 1.15 bits per heavy atom. The van der Waals surface area contributed by atoms with Crippen LogP contribution in [0.4, 0.5) is 0 Å². The van der Waals surface area contributed by atoms with Gasteiger partial charge < -0.3 is 5.32 Å². The van der Waals surface area contributed by atoms with E-state index < -0.39 is 9.84 Å². The number of pyridine rings is 1. The zero-order valence-electron chi connectivity index (χ0n) is 11.8. The molecule has 0 aliphatic rings. The molecule has 0 fully saturated rings. The molecule has 0 spiro atoms. The maximum absolute atomic E-state index is 11.5. The molecule has 4 nitrogen and oxygen atoms in total.